The second kappa shape index (κ2) is 9.68. The van der Waals surface area contributed by atoms with E-state index < -0.39 is 0 Å². The molecular weight excluding hydrogens is 392 g/mol. The minimum absolute atomic E-state index is 0.164. The first-order valence-electron chi connectivity index (χ1n) is 11.8. The average molecular weight is 427 g/mol. The number of aromatic nitrogens is 1. The first-order valence-corrected chi connectivity index (χ1v) is 11.8. The average Bonchev–Trinajstić information content (AvgIpc) is 3.16. The van der Waals surface area contributed by atoms with Crippen molar-refractivity contribution >= 4 is 5.90 Å². The lowest BCUT2D eigenvalue weighted by Gasteiger charge is -2.13. The van der Waals surface area contributed by atoms with Gasteiger partial charge in [0.05, 0.1) is 5.54 Å². The van der Waals surface area contributed by atoms with E-state index in [9.17, 15) is 0 Å². The maximum atomic E-state index is 5.93. The van der Waals surface area contributed by atoms with E-state index in [-0.39, 0.29) is 5.54 Å². The van der Waals surface area contributed by atoms with Crippen molar-refractivity contribution in [1.29, 1.82) is 0 Å². The van der Waals surface area contributed by atoms with Crippen LogP contribution < -0.4 is 0 Å². The Balaban J connectivity index is 1.57. The maximum absolute atomic E-state index is 5.93. The Morgan fingerprint density at radius 2 is 1.69 bits per heavy atom. The summed E-state index contributed by atoms with van der Waals surface area (Å²) in [4.78, 5) is 9.50. The summed E-state index contributed by atoms with van der Waals surface area (Å²) in [7, 11) is 0. The zero-order valence-electron chi connectivity index (χ0n) is 19.8. The van der Waals surface area contributed by atoms with Gasteiger partial charge < -0.3 is 4.74 Å². The lowest BCUT2D eigenvalue weighted by molar-refractivity contribution is 0.279. The van der Waals surface area contributed by atoms with Gasteiger partial charge in [0.2, 0.25) is 5.90 Å². The van der Waals surface area contributed by atoms with Crippen LogP contribution in [-0.2, 0) is 17.6 Å². The van der Waals surface area contributed by atoms with Crippen LogP contribution in [0.2, 0.25) is 0 Å². The summed E-state index contributed by atoms with van der Waals surface area (Å²) < 4.78 is 5.93. The van der Waals surface area contributed by atoms with Gasteiger partial charge in [0.1, 0.15) is 6.61 Å². The summed E-state index contributed by atoms with van der Waals surface area (Å²) in [5, 5.41) is 0. The number of aryl methyl sites for hydroxylation is 2. The Kier molecular flexibility index (Phi) is 6.74. The van der Waals surface area contributed by atoms with Gasteiger partial charge in [-0.05, 0) is 80.0 Å². The van der Waals surface area contributed by atoms with Crippen molar-refractivity contribution < 1.29 is 4.74 Å². The van der Waals surface area contributed by atoms with Crippen LogP contribution in [-0.4, -0.2) is 23.0 Å². The number of ether oxygens (including phenoxy) is 1. The van der Waals surface area contributed by atoms with E-state index in [4.69, 9.17) is 14.7 Å². The third-order valence-corrected chi connectivity index (χ3v) is 6.17. The highest BCUT2D eigenvalue weighted by atomic mass is 16.5. The van der Waals surface area contributed by atoms with E-state index in [0.717, 1.165) is 29.9 Å². The highest BCUT2D eigenvalue weighted by Gasteiger charge is 2.28. The van der Waals surface area contributed by atoms with Crippen LogP contribution in [0.25, 0.3) is 11.1 Å². The Bertz CT molecular complexity index is 1100. The van der Waals surface area contributed by atoms with E-state index in [1.54, 1.807) is 0 Å². The Morgan fingerprint density at radius 3 is 2.38 bits per heavy atom. The number of unbranched alkanes of at least 4 members (excludes halogenated alkanes) is 2. The first-order chi connectivity index (χ1) is 15.5. The molecule has 0 amide bonds. The minimum atomic E-state index is -0.164. The van der Waals surface area contributed by atoms with Gasteiger partial charge in [-0.3, -0.25) is 4.98 Å². The molecule has 32 heavy (non-hydrogen) atoms. The summed E-state index contributed by atoms with van der Waals surface area (Å²) in [6.07, 6.45) is 7.64. The molecule has 2 aromatic carbocycles. The van der Waals surface area contributed by atoms with Crippen molar-refractivity contribution in [3.05, 3.63) is 88.7 Å². The number of rotatable bonds is 8. The molecule has 3 heteroatoms. The monoisotopic (exact) mass is 426 g/mol. The van der Waals surface area contributed by atoms with Crippen LogP contribution in [0, 0.1) is 6.92 Å². The molecule has 0 saturated heterocycles. The smallest absolute Gasteiger partial charge is 0.217 e. The summed E-state index contributed by atoms with van der Waals surface area (Å²) in [6, 6.07) is 19.4. The van der Waals surface area contributed by atoms with Gasteiger partial charge in [-0.25, -0.2) is 4.99 Å². The zero-order chi connectivity index (χ0) is 22.6. The van der Waals surface area contributed by atoms with Crippen LogP contribution in [0.1, 0.15) is 68.0 Å². The molecule has 0 saturated carbocycles. The second-order valence-corrected chi connectivity index (χ2v) is 9.45. The van der Waals surface area contributed by atoms with Gasteiger partial charge in [0.25, 0.3) is 0 Å². The van der Waals surface area contributed by atoms with Crippen LogP contribution in [0.15, 0.2) is 65.8 Å². The molecule has 166 valence electrons. The van der Waals surface area contributed by atoms with Crippen LogP contribution in [0.4, 0.5) is 0 Å². The summed E-state index contributed by atoms with van der Waals surface area (Å²) in [6.45, 7) is 9.29. The highest BCUT2D eigenvalue weighted by Crippen LogP contribution is 2.29. The zero-order valence-corrected chi connectivity index (χ0v) is 19.8. The predicted molar refractivity (Wildman–Crippen MR) is 133 cm³/mol. The van der Waals surface area contributed by atoms with Crippen molar-refractivity contribution in [3.8, 4) is 11.1 Å². The molecule has 1 aliphatic heterocycles. The van der Waals surface area contributed by atoms with E-state index in [1.807, 2.05) is 6.20 Å². The van der Waals surface area contributed by atoms with Gasteiger partial charge in [0, 0.05) is 17.5 Å². The number of hydrogen-bond donors (Lipinski definition) is 0. The fourth-order valence-electron chi connectivity index (χ4n) is 4.29. The SMILES string of the molecule is CCCCCc1nccc(C)c1Cc1ccc(-c2ccccc2C2=NC(C)(C)CO2)cc1. The number of hydrogen-bond acceptors (Lipinski definition) is 3. The van der Waals surface area contributed by atoms with Crippen LogP contribution in [0.3, 0.4) is 0 Å². The number of pyridine rings is 1. The summed E-state index contributed by atoms with van der Waals surface area (Å²) in [5.41, 5.74) is 8.53. The quantitative estimate of drug-likeness (QED) is 0.366. The Labute approximate surface area is 192 Å². The number of aliphatic imine (C=N–C) groups is 1. The minimum Gasteiger partial charge on any atom is -0.475 e. The van der Waals surface area contributed by atoms with Gasteiger partial charge >= 0.3 is 0 Å². The molecule has 0 N–H and O–H groups in total. The molecular formula is C29H34N2O. The molecule has 0 atom stereocenters. The molecule has 3 nitrogen and oxygen atoms in total. The molecule has 3 aromatic rings. The standard InChI is InChI=1S/C29H34N2O/c1-5-6-7-12-27-26(21(2)17-18-30-27)19-22-13-15-23(16-14-22)24-10-8-9-11-25(24)28-31-29(3,4)20-32-28/h8-11,13-18H,5-7,12,19-20H2,1-4H3. The largest absolute Gasteiger partial charge is 0.475 e. The molecule has 0 aliphatic carbocycles. The molecule has 2 heterocycles. The topological polar surface area (TPSA) is 34.5 Å². The third kappa shape index (κ3) is 5.09. The van der Waals surface area contributed by atoms with Gasteiger partial charge in [0.15, 0.2) is 0 Å². The van der Waals surface area contributed by atoms with Crippen molar-refractivity contribution in [3.63, 3.8) is 0 Å². The predicted octanol–water partition coefficient (Wildman–Crippen LogP) is 6.94. The molecule has 0 bridgehead atoms. The molecule has 0 radical (unpaired) electrons. The summed E-state index contributed by atoms with van der Waals surface area (Å²) >= 11 is 0. The third-order valence-electron chi connectivity index (χ3n) is 6.17. The van der Waals surface area contributed by atoms with Crippen molar-refractivity contribution in [2.75, 3.05) is 6.61 Å². The lowest BCUT2D eigenvalue weighted by Crippen LogP contribution is -2.17. The molecule has 0 unspecified atom stereocenters. The van der Waals surface area contributed by atoms with Crippen LogP contribution >= 0.6 is 0 Å². The molecule has 0 fully saturated rings. The molecule has 4 rings (SSSR count). The fourth-order valence-corrected chi connectivity index (χ4v) is 4.29. The van der Waals surface area contributed by atoms with Gasteiger partial charge in [-0.1, -0.05) is 62.2 Å². The Hall–Kier alpha value is -2.94. The van der Waals surface area contributed by atoms with E-state index in [2.05, 4.69) is 82.3 Å². The van der Waals surface area contributed by atoms with E-state index >= 15 is 0 Å². The van der Waals surface area contributed by atoms with Crippen molar-refractivity contribution in [2.24, 2.45) is 4.99 Å². The number of benzene rings is 2. The molecule has 0 spiro atoms. The Morgan fingerprint density at radius 1 is 0.938 bits per heavy atom. The van der Waals surface area contributed by atoms with Gasteiger partial charge in [-0.15, -0.1) is 0 Å². The normalized spacial score (nSPS) is 14.8. The van der Waals surface area contributed by atoms with Crippen molar-refractivity contribution in [1.82, 2.24) is 4.98 Å². The van der Waals surface area contributed by atoms with Crippen LogP contribution in [0.5, 0.6) is 0 Å². The van der Waals surface area contributed by atoms with Crippen molar-refractivity contribution in [2.45, 2.75) is 65.3 Å². The van der Waals surface area contributed by atoms with E-state index in [1.165, 1.54) is 47.2 Å². The maximum Gasteiger partial charge on any atom is 0.217 e. The second-order valence-electron chi connectivity index (χ2n) is 9.45. The summed E-state index contributed by atoms with van der Waals surface area (Å²) in [5.74, 6) is 0.748. The lowest BCUT2D eigenvalue weighted by atomic mass is 9.94. The number of nitrogens with zero attached hydrogens (tertiary/aromatic N) is 2. The van der Waals surface area contributed by atoms with E-state index in [0.29, 0.717) is 6.61 Å². The highest BCUT2D eigenvalue weighted by molar-refractivity contribution is 6.01. The molecule has 1 aliphatic rings. The van der Waals surface area contributed by atoms with Gasteiger partial charge in [-0.2, -0.15) is 0 Å². The molecule has 1 aromatic heterocycles. The fraction of sp³-hybridized carbons (Fsp3) is 0.379. The first kappa shape index (κ1) is 22.3.